The summed E-state index contributed by atoms with van der Waals surface area (Å²) in [5.41, 5.74) is 0.524. The fourth-order valence-corrected chi connectivity index (χ4v) is 2.79. The molecule has 1 amide bonds. The Balaban J connectivity index is 1.56. The largest absolute Gasteiger partial charge is 0.486 e. The Morgan fingerprint density at radius 3 is 2.57 bits per heavy atom. The number of benzene rings is 2. The van der Waals surface area contributed by atoms with Crippen LogP contribution in [0.2, 0.25) is 0 Å². The van der Waals surface area contributed by atoms with E-state index >= 15 is 0 Å². The maximum absolute atomic E-state index is 12.1. The van der Waals surface area contributed by atoms with Crippen LogP contribution < -0.4 is 14.8 Å². The molecule has 0 fully saturated rings. The van der Waals surface area contributed by atoms with Crippen LogP contribution in [0.3, 0.4) is 0 Å². The van der Waals surface area contributed by atoms with Crippen molar-refractivity contribution in [1.82, 2.24) is 5.32 Å². The molecule has 5 nitrogen and oxygen atoms in total. The minimum atomic E-state index is -1.05. The van der Waals surface area contributed by atoms with E-state index in [9.17, 15) is 9.00 Å². The Labute approximate surface area is 137 Å². The summed E-state index contributed by atoms with van der Waals surface area (Å²) >= 11 is 0. The lowest BCUT2D eigenvalue weighted by atomic mass is 10.2. The lowest BCUT2D eigenvalue weighted by Gasteiger charge is -2.26. The van der Waals surface area contributed by atoms with Crippen LogP contribution in [0, 0.1) is 0 Å². The minimum Gasteiger partial charge on any atom is -0.486 e. The number of hydrogen-bond donors (Lipinski definition) is 1. The third kappa shape index (κ3) is 3.71. The summed E-state index contributed by atoms with van der Waals surface area (Å²) in [6.45, 7) is 0.750. The molecule has 0 bridgehead atoms. The van der Waals surface area contributed by atoms with Crippen LogP contribution in [0.25, 0.3) is 0 Å². The number of carbonyl (C=O) groups excluding carboxylic acids is 1. The van der Waals surface area contributed by atoms with Crippen molar-refractivity contribution in [3.05, 3.63) is 54.1 Å². The molecule has 1 aliphatic rings. The Morgan fingerprint density at radius 2 is 1.87 bits per heavy atom. The molecule has 1 aliphatic heterocycles. The summed E-state index contributed by atoms with van der Waals surface area (Å²) in [5.74, 6) is 1.21. The standard InChI is InChI=1S/C17H17NO4S/c1-23(20)14-8-6-12(7-9-14)17(19)18-10-13-11-21-15-4-2-3-5-16(15)22-13/h2-9,13H,10-11H2,1H3,(H,18,19). The molecular formula is C17H17NO4S. The minimum absolute atomic E-state index is 0.194. The molecule has 6 heteroatoms. The monoisotopic (exact) mass is 331 g/mol. The van der Waals surface area contributed by atoms with E-state index in [4.69, 9.17) is 9.47 Å². The number of para-hydroxylation sites is 2. The van der Waals surface area contributed by atoms with Gasteiger partial charge < -0.3 is 14.8 Å². The third-order valence-corrected chi connectivity index (χ3v) is 4.44. The molecule has 2 aromatic rings. The molecule has 23 heavy (non-hydrogen) atoms. The topological polar surface area (TPSA) is 64.6 Å². The average molecular weight is 331 g/mol. The zero-order chi connectivity index (χ0) is 16.2. The fourth-order valence-electron chi connectivity index (χ4n) is 2.27. The highest BCUT2D eigenvalue weighted by Gasteiger charge is 2.21. The number of ether oxygens (including phenoxy) is 2. The van der Waals surface area contributed by atoms with Crippen LogP contribution in [0.15, 0.2) is 53.4 Å². The summed E-state index contributed by atoms with van der Waals surface area (Å²) < 4.78 is 22.7. The molecule has 2 atom stereocenters. The number of rotatable bonds is 4. The predicted molar refractivity (Wildman–Crippen MR) is 87.5 cm³/mol. The van der Waals surface area contributed by atoms with Gasteiger partial charge >= 0.3 is 0 Å². The van der Waals surface area contributed by atoms with Crippen LogP contribution in [-0.2, 0) is 10.8 Å². The van der Waals surface area contributed by atoms with Crippen LogP contribution in [-0.4, -0.2) is 35.6 Å². The van der Waals surface area contributed by atoms with Gasteiger partial charge in [0.25, 0.3) is 5.91 Å². The van der Waals surface area contributed by atoms with Crippen LogP contribution >= 0.6 is 0 Å². The zero-order valence-electron chi connectivity index (χ0n) is 12.7. The molecule has 0 radical (unpaired) electrons. The molecule has 0 aromatic heterocycles. The van der Waals surface area contributed by atoms with Gasteiger partial charge in [0.1, 0.15) is 12.7 Å². The van der Waals surface area contributed by atoms with E-state index in [1.165, 1.54) is 0 Å². The lowest BCUT2D eigenvalue weighted by Crippen LogP contribution is -2.40. The first-order valence-electron chi connectivity index (χ1n) is 7.23. The van der Waals surface area contributed by atoms with Crippen LogP contribution in [0.1, 0.15) is 10.4 Å². The zero-order valence-corrected chi connectivity index (χ0v) is 13.5. The van der Waals surface area contributed by atoms with Crippen molar-refractivity contribution < 1.29 is 18.5 Å². The van der Waals surface area contributed by atoms with E-state index in [1.54, 1.807) is 30.5 Å². The molecule has 2 unspecified atom stereocenters. The second kappa shape index (κ2) is 6.83. The molecule has 3 rings (SSSR count). The highest BCUT2D eigenvalue weighted by atomic mass is 32.2. The third-order valence-electron chi connectivity index (χ3n) is 3.51. The normalized spacial score (nSPS) is 17.3. The Kier molecular flexibility index (Phi) is 4.62. The first-order chi connectivity index (χ1) is 11.1. The summed E-state index contributed by atoms with van der Waals surface area (Å²) in [7, 11) is -1.05. The van der Waals surface area contributed by atoms with E-state index in [-0.39, 0.29) is 12.0 Å². The molecule has 0 aliphatic carbocycles. The van der Waals surface area contributed by atoms with E-state index in [1.807, 2.05) is 24.3 Å². The van der Waals surface area contributed by atoms with E-state index in [0.717, 1.165) is 5.75 Å². The summed E-state index contributed by atoms with van der Waals surface area (Å²) in [5, 5.41) is 2.83. The number of amides is 1. The number of fused-ring (bicyclic) bond motifs is 1. The van der Waals surface area contributed by atoms with Gasteiger partial charge in [-0.1, -0.05) is 12.1 Å². The Morgan fingerprint density at radius 1 is 1.17 bits per heavy atom. The second-order valence-electron chi connectivity index (χ2n) is 5.19. The molecule has 1 heterocycles. The maximum Gasteiger partial charge on any atom is 0.251 e. The van der Waals surface area contributed by atoms with Gasteiger partial charge in [-0.2, -0.15) is 0 Å². The van der Waals surface area contributed by atoms with Gasteiger partial charge in [0.2, 0.25) is 0 Å². The van der Waals surface area contributed by atoms with Gasteiger partial charge in [0, 0.05) is 27.5 Å². The van der Waals surface area contributed by atoms with E-state index in [2.05, 4.69) is 5.32 Å². The van der Waals surface area contributed by atoms with Crippen molar-refractivity contribution in [2.45, 2.75) is 11.0 Å². The summed E-state index contributed by atoms with van der Waals surface area (Å²) in [6, 6.07) is 14.2. The van der Waals surface area contributed by atoms with Crippen molar-refractivity contribution >= 4 is 16.7 Å². The molecule has 1 N–H and O–H groups in total. The van der Waals surface area contributed by atoms with Gasteiger partial charge in [-0.25, -0.2) is 0 Å². The molecule has 2 aromatic carbocycles. The molecule has 0 spiro atoms. The maximum atomic E-state index is 12.1. The van der Waals surface area contributed by atoms with Gasteiger partial charge in [-0.05, 0) is 36.4 Å². The fraction of sp³-hybridized carbons (Fsp3) is 0.235. The van der Waals surface area contributed by atoms with Gasteiger partial charge in [-0.15, -0.1) is 0 Å². The lowest BCUT2D eigenvalue weighted by molar-refractivity contribution is 0.0789. The second-order valence-corrected chi connectivity index (χ2v) is 6.57. The van der Waals surface area contributed by atoms with Gasteiger partial charge in [-0.3, -0.25) is 9.00 Å². The average Bonchev–Trinajstić information content (AvgIpc) is 2.59. The molecule has 0 saturated heterocycles. The molecule has 0 saturated carbocycles. The highest BCUT2D eigenvalue weighted by molar-refractivity contribution is 7.84. The van der Waals surface area contributed by atoms with Crippen LogP contribution in [0.5, 0.6) is 11.5 Å². The Bertz CT molecular complexity index is 730. The number of nitrogens with one attached hydrogen (secondary N) is 1. The van der Waals surface area contributed by atoms with Crippen molar-refractivity contribution in [3.8, 4) is 11.5 Å². The van der Waals surface area contributed by atoms with Crippen molar-refractivity contribution in [2.24, 2.45) is 0 Å². The SMILES string of the molecule is CS(=O)c1ccc(C(=O)NCC2COc3ccccc3O2)cc1. The Hall–Kier alpha value is -2.34. The number of hydrogen-bond acceptors (Lipinski definition) is 4. The molecule has 120 valence electrons. The quantitative estimate of drug-likeness (QED) is 0.931. The van der Waals surface area contributed by atoms with Crippen molar-refractivity contribution in [2.75, 3.05) is 19.4 Å². The van der Waals surface area contributed by atoms with Crippen LogP contribution in [0.4, 0.5) is 0 Å². The summed E-state index contributed by atoms with van der Waals surface area (Å²) in [6.07, 6.45) is 1.38. The van der Waals surface area contributed by atoms with Gasteiger partial charge in [0.15, 0.2) is 11.5 Å². The van der Waals surface area contributed by atoms with E-state index in [0.29, 0.717) is 29.4 Å². The summed E-state index contributed by atoms with van der Waals surface area (Å²) in [4.78, 5) is 12.8. The molecular weight excluding hydrogens is 314 g/mol. The predicted octanol–water partition coefficient (Wildman–Crippen LogP) is 1.99. The highest BCUT2D eigenvalue weighted by Crippen LogP contribution is 2.30. The van der Waals surface area contributed by atoms with Crippen molar-refractivity contribution in [1.29, 1.82) is 0 Å². The van der Waals surface area contributed by atoms with E-state index < -0.39 is 10.8 Å². The first kappa shape index (κ1) is 15.6. The first-order valence-corrected chi connectivity index (χ1v) is 8.79. The van der Waals surface area contributed by atoms with Gasteiger partial charge in [0.05, 0.1) is 6.54 Å². The number of carbonyl (C=O) groups is 1. The smallest absolute Gasteiger partial charge is 0.251 e. The van der Waals surface area contributed by atoms with Crippen molar-refractivity contribution in [3.63, 3.8) is 0 Å².